The molecule has 0 saturated carbocycles. The van der Waals surface area contributed by atoms with E-state index in [4.69, 9.17) is 5.73 Å². The summed E-state index contributed by atoms with van der Waals surface area (Å²) in [6.07, 6.45) is 3.78. The minimum absolute atomic E-state index is 0.0298. The van der Waals surface area contributed by atoms with Gasteiger partial charge in [-0.05, 0) is 68.0 Å². The summed E-state index contributed by atoms with van der Waals surface area (Å²) in [5.41, 5.74) is 10.6. The number of amides is 2. The Labute approximate surface area is 171 Å². The van der Waals surface area contributed by atoms with Crippen LogP contribution in [0.15, 0.2) is 48.0 Å². The highest BCUT2D eigenvalue weighted by Gasteiger charge is 2.21. The second kappa shape index (κ2) is 9.20. The van der Waals surface area contributed by atoms with E-state index in [2.05, 4.69) is 16.8 Å². The Balaban J connectivity index is 1.60. The van der Waals surface area contributed by atoms with E-state index < -0.39 is 0 Å². The molecule has 1 aromatic carbocycles. The second-order valence-electron chi connectivity index (χ2n) is 7.32. The van der Waals surface area contributed by atoms with Crippen LogP contribution < -0.4 is 5.73 Å². The monoisotopic (exact) mass is 387 g/mol. The third-order valence-electron chi connectivity index (χ3n) is 4.96. The molecule has 2 amide bonds. The highest BCUT2D eigenvalue weighted by Crippen LogP contribution is 2.20. The number of piperidine rings is 1. The van der Waals surface area contributed by atoms with Crippen molar-refractivity contribution in [1.29, 1.82) is 0 Å². The number of carbonyl (C=O) groups excluding carboxylic acids is 2. The van der Waals surface area contributed by atoms with Gasteiger partial charge < -0.3 is 10.6 Å². The minimum Gasteiger partial charge on any atom is -0.369 e. The van der Waals surface area contributed by atoms with E-state index in [9.17, 15) is 9.59 Å². The summed E-state index contributed by atoms with van der Waals surface area (Å²) in [5, 5.41) is 0. The third-order valence-corrected chi connectivity index (χ3v) is 4.96. The van der Waals surface area contributed by atoms with Crippen LogP contribution in [0.5, 0.6) is 0 Å². The zero-order valence-corrected chi connectivity index (χ0v) is 16.9. The number of benzene rings is 1. The average Bonchev–Trinajstić information content (AvgIpc) is 2.68. The van der Waals surface area contributed by atoms with Gasteiger partial charge >= 0.3 is 0 Å². The SMILES string of the molecule is Cc1cccc(C#CC=C2CCN(C(=O)c3ccc(CC(N)=O)cc3C)CC2)n1. The van der Waals surface area contributed by atoms with Crippen molar-refractivity contribution in [1.82, 2.24) is 9.88 Å². The number of allylic oxidation sites excluding steroid dienone is 1. The van der Waals surface area contributed by atoms with E-state index >= 15 is 0 Å². The summed E-state index contributed by atoms with van der Waals surface area (Å²) in [5.74, 6) is 5.81. The topological polar surface area (TPSA) is 76.3 Å². The second-order valence-corrected chi connectivity index (χ2v) is 7.32. The van der Waals surface area contributed by atoms with Gasteiger partial charge in [0.15, 0.2) is 0 Å². The van der Waals surface area contributed by atoms with Gasteiger partial charge in [-0.3, -0.25) is 9.59 Å². The summed E-state index contributed by atoms with van der Waals surface area (Å²) < 4.78 is 0. The lowest BCUT2D eigenvalue weighted by Gasteiger charge is -2.29. The largest absolute Gasteiger partial charge is 0.369 e. The van der Waals surface area contributed by atoms with Crippen LogP contribution in [0.2, 0.25) is 0 Å². The van der Waals surface area contributed by atoms with Crippen LogP contribution in [-0.4, -0.2) is 34.8 Å². The lowest BCUT2D eigenvalue weighted by Crippen LogP contribution is -2.36. The number of carbonyl (C=O) groups is 2. The van der Waals surface area contributed by atoms with Crippen molar-refractivity contribution < 1.29 is 9.59 Å². The molecular formula is C24H25N3O2. The molecule has 29 heavy (non-hydrogen) atoms. The number of aryl methyl sites for hydroxylation is 2. The van der Waals surface area contributed by atoms with Crippen molar-refractivity contribution >= 4 is 11.8 Å². The molecule has 148 valence electrons. The van der Waals surface area contributed by atoms with Crippen LogP contribution in [0.3, 0.4) is 0 Å². The zero-order chi connectivity index (χ0) is 20.8. The van der Waals surface area contributed by atoms with Crippen LogP contribution in [0.1, 0.15) is 45.7 Å². The Morgan fingerprint density at radius 2 is 1.93 bits per heavy atom. The van der Waals surface area contributed by atoms with Crippen molar-refractivity contribution in [3.63, 3.8) is 0 Å². The fraction of sp³-hybridized carbons (Fsp3) is 0.292. The van der Waals surface area contributed by atoms with E-state index in [1.807, 2.05) is 49.1 Å². The zero-order valence-electron chi connectivity index (χ0n) is 16.9. The van der Waals surface area contributed by atoms with E-state index in [1.165, 1.54) is 5.57 Å². The summed E-state index contributed by atoms with van der Waals surface area (Å²) >= 11 is 0. The van der Waals surface area contributed by atoms with Crippen LogP contribution in [0.4, 0.5) is 0 Å². The molecule has 1 aliphatic heterocycles. The molecule has 2 N–H and O–H groups in total. The molecule has 0 spiro atoms. The number of rotatable bonds is 3. The molecule has 1 aromatic heterocycles. The summed E-state index contributed by atoms with van der Waals surface area (Å²) in [7, 11) is 0. The molecule has 3 rings (SSSR count). The smallest absolute Gasteiger partial charge is 0.254 e. The summed E-state index contributed by atoms with van der Waals surface area (Å²) in [6.45, 7) is 5.19. The number of aromatic nitrogens is 1. The number of nitrogens with zero attached hydrogens (tertiary/aromatic N) is 2. The first kappa shape index (κ1) is 20.3. The molecule has 0 unspecified atom stereocenters. The Morgan fingerprint density at radius 3 is 2.59 bits per heavy atom. The fourth-order valence-electron chi connectivity index (χ4n) is 3.41. The first-order valence-corrected chi connectivity index (χ1v) is 9.72. The molecule has 1 fully saturated rings. The average molecular weight is 387 g/mol. The van der Waals surface area contributed by atoms with Gasteiger partial charge in [0.1, 0.15) is 5.69 Å². The van der Waals surface area contributed by atoms with Gasteiger partial charge in [-0.15, -0.1) is 0 Å². The summed E-state index contributed by atoms with van der Waals surface area (Å²) in [4.78, 5) is 30.2. The first-order valence-electron chi connectivity index (χ1n) is 9.72. The molecule has 0 radical (unpaired) electrons. The van der Waals surface area contributed by atoms with Crippen LogP contribution in [0.25, 0.3) is 0 Å². The molecule has 5 heteroatoms. The maximum atomic E-state index is 12.9. The fourth-order valence-corrected chi connectivity index (χ4v) is 3.41. The van der Waals surface area contributed by atoms with E-state index in [0.717, 1.165) is 35.4 Å². The Hall–Kier alpha value is -3.39. The van der Waals surface area contributed by atoms with Crippen LogP contribution in [-0.2, 0) is 11.2 Å². The quantitative estimate of drug-likeness (QED) is 0.823. The molecule has 0 aliphatic carbocycles. The van der Waals surface area contributed by atoms with Crippen LogP contribution in [0, 0.1) is 25.7 Å². The lowest BCUT2D eigenvalue weighted by atomic mass is 9.99. The van der Waals surface area contributed by atoms with E-state index in [-0.39, 0.29) is 18.2 Å². The third kappa shape index (κ3) is 5.55. The molecular weight excluding hydrogens is 362 g/mol. The van der Waals surface area contributed by atoms with Gasteiger partial charge in [0, 0.05) is 24.3 Å². The molecule has 2 heterocycles. The summed E-state index contributed by atoms with van der Waals surface area (Å²) in [6, 6.07) is 11.3. The van der Waals surface area contributed by atoms with Gasteiger partial charge in [-0.25, -0.2) is 4.98 Å². The molecule has 2 aromatic rings. The highest BCUT2D eigenvalue weighted by atomic mass is 16.2. The predicted octanol–water partition coefficient (Wildman–Crippen LogP) is 2.94. The number of hydrogen-bond donors (Lipinski definition) is 1. The molecule has 0 bridgehead atoms. The highest BCUT2D eigenvalue weighted by molar-refractivity contribution is 5.96. The standard InChI is InChI=1S/C24H25N3O2/c1-17-15-20(16-23(25)28)9-10-22(17)24(29)27-13-11-19(12-14-27)6-4-8-21-7-3-5-18(2)26-21/h3,5-7,9-10,15H,11-14,16H2,1-2H3,(H2,25,28). The number of pyridine rings is 1. The number of likely N-dealkylation sites (tertiary alicyclic amines) is 1. The predicted molar refractivity (Wildman–Crippen MR) is 113 cm³/mol. The molecule has 5 nitrogen and oxygen atoms in total. The van der Waals surface area contributed by atoms with Gasteiger partial charge in [-0.1, -0.05) is 29.7 Å². The van der Waals surface area contributed by atoms with E-state index in [0.29, 0.717) is 18.7 Å². The maximum absolute atomic E-state index is 12.9. The van der Waals surface area contributed by atoms with Gasteiger partial charge in [0.25, 0.3) is 5.91 Å². The Morgan fingerprint density at radius 1 is 1.17 bits per heavy atom. The van der Waals surface area contributed by atoms with Crippen molar-refractivity contribution in [2.45, 2.75) is 33.1 Å². The molecule has 1 saturated heterocycles. The number of hydrogen-bond acceptors (Lipinski definition) is 3. The number of primary amides is 1. The lowest BCUT2D eigenvalue weighted by molar-refractivity contribution is -0.117. The minimum atomic E-state index is -0.375. The Kier molecular flexibility index (Phi) is 6.46. The van der Waals surface area contributed by atoms with Gasteiger partial charge in [-0.2, -0.15) is 0 Å². The normalized spacial score (nSPS) is 13.4. The van der Waals surface area contributed by atoms with Crippen molar-refractivity contribution in [2.75, 3.05) is 13.1 Å². The Bertz CT molecular complexity index is 1020. The molecule has 1 aliphatic rings. The maximum Gasteiger partial charge on any atom is 0.254 e. The molecule has 0 atom stereocenters. The van der Waals surface area contributed by atoms with E-state index in [1.54, 1.807) is 12.1 Å². The van der Waals surface area contributed by atoms with Crippen molar-refractivity contribution in [3.05, 3.63) is 76.1 Å². The van der Waals surface area contributed by atoms with Crippen molar-refractivity contribution in [3.8, 4) is 11.8 Å². The van der Waals surface area contributed by atoms with Crippen LogP contribution >= 0.6 is 0 Å². The van der Waals surface area contributed by atoms with Gasteiger partial charge in [0.05, 0.1) is 6.42 Å². The first-order chi connectivity index (χ1) is 13.9. The van der Waals surface area contributed by atoms with Crippen molar-refractivity contribution in [2.24, 2.45) is 5.73 Å². The number of nitrogens with two attached hydrogens (primary N) is 1. The van der Waals surface area contributed by atoms with Gasteiger partial charge in [0.2, 0.25) is 5.91 Å².